The maximum atomic E-state index is 12.6. The minimum Gasteiger partial charge on any atom is -0.462 e. The highest BCUT2D eigenvalue weighted by Gasteiger charge is 2.27. The maximum absolute atomic E-state index is 12.6. The fourth-order valence-corrected chi connectivity index (χ4v) is 6.07. The van der Waals surface area contributed by atoms with Gasteiger partial charge in [-0.1, -0.05) is 121 Å². The number of phosphoric ester groups is 1. The van der Waals surface area contributed by atoms with Crippen molar-refractivity contribution in [2.24, 2.45) is 0 Å². The molecule has 1 N–H and O–H groups in total. The molecule has 0 aliphatic rings. The van der Waals surface area contributed by atoms with E-state index in [2.05, 4.69) is 50.3 Å². The number of allylic oxidation sites excluding steroid dienone is 6. The third kappa shape index (κ3) is 38.0. The van der Waals surface area contributed by atoms with Gasteiger partial charge < -0.3 is 18.9 Å². The summed E-state index contributed by atoms with van der Waals surface area (Å²) in [4.78, 5) is 35.2. The summed E-state index contributed by atoms with van der Waals surface area (Å²) < 4.78 is 34.2. The SMILES string of the molecule is CCCCCCCC/C=C/C/C=C/CCCCC(=O)O[C@H](COC(=O)CCCCC/C=C/CCCCCCCC)COP(=O)(O)OCC[N+](C)(C)C. The zero-order valence-electron chi connectivity index (χ0n) is 34.0. The second-order valence-electron chi connectivity index (χ2n) is 15.0. The number of likely N-dealkylation sites (N-methyl/N-ethyl adjacent to an activating group) is 1. The molecule has 52 heavy (non-hydrogen) atoms. The summed E-state index contributed by atoms with van der Waals surface area (Å²) in [5, 5.41) is 0. The number of ether oxygens (including phenoxy) is 2. The van der Waals surface area contributed by atoms with Gasteiger partial charge in [0.1, 0.15) is 19.8 Å². The van der Waals surface area contributed by atoms with Crippen molar-refractivity contribution in [2.45, 2.75) is 174 Å². The van der Waals surface area contributed by atoms with Gasteiger partial charge in [-0.3, -0.25) is 18.6 Å². The highest BCUT2D eigenvalue weighted by Crippen LogP contribution is 2.43. The van der Waals surface area contributed by atoms with Crippen LogP contribution in [0.3, 0.4) is 0 Å². The number of unbranched alkanes of at least 4 members (excludes halogenated alkanes) is 17. The number of quaternary nitrogens is 1. The molecule has 0 aliphatic heterocycles. The van der Waals surface area contributed by atoms with Crippen LogP contribution in [0.5, 0.6) is 0 Å². The molecule has 2 atom stereocenters. The molecule has 0 amide bonds. The Morgan fingerprint density at radius 2 is 1.04 bits per heavy atom. The largest absolute Gasteiger partial charge is 0.472 e. The van der Waals surface area contributed by atoms with Gasteiger partial charge in [0.05, 0.1) is 27.7 Å². The van der Waals surface area contributed by atoms with Crippen LogP contribution in [0.15, 0.2) is 36.5 Å². The third-order valence-corrected chi connectivity index (χ3v) is 9.63. The number of phosphoric acid groups is 1. The topological polar surface area (TPSA) is 108 Å². The highest BCUT2D eigenvalue weighted by atomic mass is 31.2. The summed E-state index contributed by atoms with van der Waals surface area (Å²) in [7, 11) is 1.45. The van der Waals surface area contributed by atoms with Gasteiger partial charge in [0.15, 0.2) is 6.10 Å². The molecule has 0 heterocycles. The number of hydrogen-bond acceptors (Lipinski definition) is 7. The van der Waals surface area contributed by atoms with Gasteiger partial charge in [-0.25, -0.2) is 4.57 Å². The Bertz CT molecular complexity index is 991. The first-order valence-electron chi connectivity index (χ1n) is 20.7. The van der Waals surface area contributed by atoms with Crippen molar-refractivity contribution in [1.82, 2.24) is 0 Å². The molecule has 0 rings (SSSR count). The van der Waals surface area contributed by atoms with Crippen molar-refractivity contribution in [3.8, 4) is 0 Å². The van der Waals surface area contributed by atoms with Crippen LogP contribution in [0.25, 0.3) is 0 Å². The number of esters is 2. The van der Waals surface area contributed by atoms with E-state index in [9.17, 15) is 19.0 Å². The lowest BCUT2D eigenvalue weighted by Crippen LogP contribution is -2.37. The van der Waals surface area contributed by atoms with Gasteiger partial charge in [0.25, 0.3) is 0 Å². The number of carbonyl (C=O) groups excluding carboxylic acids is 2. The molecule has 0 saturated heterocycles. The van der Waals surface area contributed by atoms with Crippen molar-refractivity contribution >= 4 is 19.8 Å². The lowest BCUT2D eigenvalue weighted by molar-refractivity contribution is -0.870. The van der Waals surface area contributed by atoms with E-state index >= 15 is 0 Å². The van der Waals surface area contributed by atoms with Crippen molar-refractivity contribution in [3.63, 3.8) is 0 Å². The zero-order valence-corrected chi connectivity index (χ0v) is 34.9. The summed E-state index contributed by atoms with van der Waals surface area (Å²) >= 11 is 0. The number of carbonyl (C=O) groups is 2. The Hall–Kier alpha value is -1.77. The molecule has 0 fully saturated rings. The minimum absolute atomic E-state index is 0.0234. The molecule has 9 nitrogen and oxygen atoms in total. The van der Waals surface area contributed by atoms with Crippen LogP contribution in [0, 0.1) is 0 Å². The van der Waals surface area contributed by atoms with Crippen LogP contribution in [0.2, 0.25) is 0 Å². The number of rotatable bonds is 37. The van der Waals surface area contributed by atoms with Crippen LogP contribution < -0.4 is 0 Å². The minimum atomic E-state index is -4.38. The molecular weight excluding hydrogens is 677 g/mol. The third-order valence-electron chi connectivity index (χ3n) is 8.64. The van der Waals surface area contributed by atoms with Gasteiger partial charge in [0, 0.05) is 12.8 Å². The second kappa shape index (κ2) is 35.0. The predicted molar refractivity (Wildman–Crippen MR) is 215 cm³/mol. The van der Waals surface area contributed by atoms with E-state index in [1.807, 2.05) is 21.1 Å². The summed E-state index contributed by atoms with van der Waals surface area (Å²) in [5.41, 5.74) is 0. The van der Waals surface area contributed by atoms with Gasteiger partial charge in [-0.15, -0.1) is 0 Å². The molecular formula is C42H79NO8P+. The Kier molecular flexibility index (Phi) is 33.8. The van der Waals surface area contributed by atoms with Crippen LogP contribution in [0.4, 0.5) is 0 Å². The lowest BCUT2D eigenvalue weighted by Gasteiger charge is -2.24. The number of nitrogens with zero attached hydrogens (tertiary/aromatic N) is 1. The smallest absolute Gasteiger partial charge is 0.462 e. The Morgan fingerprint density at radius 3 is 1.58 bits per heavy atom. The number of hydrogen-bond donors (Lipinski definition) is 1. The van der Waals surface area contributed by atoms with E-state index in [0.29, 0.717) is 23.9 Å². The molecule has 0 saturated carbocycles. The molecule has 0 spiro atoms. The van der Waals surface area contributed by atoms with E-state index < -0.39 is 32.5 Å². The molecule has 1 unspecified atom stereocenters. The first-order valence-corrected chi connectivity index (χ1v) is 22.2. The monoisotopic (exact) mass is 757 g/mol. The molecule has 0 aromatic carbocycles. The van der Waals surface area contributed by atoms with E-state index in [1.54, 1.807) is 0 Å². The fraction of sp³-hybridized carbons (Fsp3) is 0.810. The van der Waals surface area contributed by atoms with Gasteiger partial charge >= 0.3 is 19.8 Å². The summed E-state index contributed by atoms with van der Waals surface area (Å²) in [5.74, 6) is -0.857. The fourth-order valence-electron chi connectivity index (χ4n) is 5.33. The van der Waals surface area contributed by atoms with E-state index in [1.165, 1.54) is 77.0 Å². The average molecular weight is 757 g/mol. The van der Waals surface area contributed by atoms with Crippen molar-refractivity contribution in [1.29, 1.82) is 0 Å². The maximum Gasteiger partial charge on any atom is 0.472 e. The Labute approximate surface area is 319 Å². The van der Waals surface area contributed by atoms with Gasteiger partial charge in [-0.05, 0) is 70.6 Å². The van der Waals surface area contributed by atoms with Gasteiger partial charge in [0.2, 0.25) is 0 Å². The molecule has 10 heteroatoms. The summed E-state index contributed by atoms with van der Waals surface area (Å²) in [6.07, 6.45) is 37.7. The first kappa shape index (κ1) is 50.2. The van der Waals surface area contributed by atoms with Crippen LogP contribution in [-0.4, -0.2) is 74.9 Å². The van der Waals surface area contributed by atoms with Crippen molar-refractivity contribution in [3.05, 3.63) is 36.5 Å². The molecule has 0 aromatic rings. The molecule has 0 bridgehead atoms. The van der Waals surface area contributed by atoms with Crippen molar-refractivity contribution in [2.75, 3.05) is 47.5 Å². The average Bonchev–Trinajstić information content (AvgIpc) is 3.09. The highest BCUT2D eigenvalue weighted by molar-refractivity contribution is 7.47. The summed E-state index contributed by atoms with van der Waals surface area (Å²) in [6, 6.07) is 0. The summed E-state index contributed by atoms with van der Waals surface area (Å²) in [6.45, 7) is 4.34. The van der Waals surface area contributed by atoms with Crippen molar-refractivity contribution < 1.29 is 42.1 Å². The van der Waals surface area contributed by atoms with E-state index in [-0.39, 0.29) is 26.1 Å². The Morgan fingerprint density at radius 1 is 0.596 bits per heavy atom. The van der Waals surface area contributed by atoms with Crippen LogP contribution >= 0.6 is 7.82 Å². The zero-order chi connectivity index (χ0) is 38.6. The van der Waals surface area contributed by atoms with Crippen LogP contribution in [0.1, 0.15) is 168 Å². The second-order valence-corrected chi connectivity index (χ2v) is 16.5. The molecule has 304 valence electrons. The molecule has 0 aromatic heterocycles. The lowest BCUT2D eigenvalue weighted by atomic mass is 10.1. The Balaban J connectivity index is 4.49. The van der Waals surface area contributed by atoms with Crippen LogP contribution in [-0.2, 0) is 32.7 Å². The van der Waals surface area contributed by atoms with Gasteiger partial charge in [-0.2, -0.15) is 0 Å². The molecule has 0 radical (unpaired) electrons. The standard InChI is InChI=1S/C42H78NO8P/c1-6-8-10-12-14-16-18-20-21-23-25-27-29-31-33-35-42(45)51-40(39-50-52(46,47)49-37-36-43(3,4)5)38-48-41(44)34-32-30-28-26-24-22-19-17-15-13-11-9-7-2/h20-22,24-25,27,40H,6-19,23,26,28-39H2,1-5H3/p+1/b21-20+,24-22+,27-25+/t40-/m1/s1. The van der Waals surface area contributed by atoms with E-state index in [0.717, 1.165) is 51.4 Å². The quantitative estimate of drug-likeness (QED) is 0.0219. The first-order chi connectivity index (χ1) is 25.0. The normalized spacial score (nSPS) is 14.0. The molecule has 0 aliphatic carbocycles. The van der Waals surface area contributed by atoms with E-state index in [4.69, 9.17) is 18.5 Å². The predicted octanol–water partition coefficient (Wildman–Crippen LogP) is 11.4.